The van der Waals surface area contributed by atoms with E-state index in [4.69, 9.17) is 0 Å². The first-order valence-corrected chi connectivity index (χ1v) is 8.46. The van der Waals surface area contributed by atoms with Gasteiger partial charge in [-0.2, -0.15) is 4.31 Å². The fourth-order valence-corrected chi connectivity index (χ4v) is 4.34. The molecule has 1 aromatic carbocycles. The normalized spacial score (nSPS) is 13.8. The van der Waals surface area contributed by atoms with Gasteiger partial charge >= 0.3 is 0 Å². The summed E-state index contributed by atoms with van der Waals surface area (Å²) in [5.74, 6) is 0. The van der Waals surface area contributed by atoms with E-state index in [0.29, 0.717) is 17.0 Å². The molecule has 0 heterocycles. The van der Waals surface area contributed by atoms with Crippen LogP contribution in [0.25, 0.3) is 0 Å². The van der Waals surface area contributed by atoms with Crippen LogP contribution < -0.4 is 0 Å². The fraction of sp³-hybridized carbons (Fsp3) is 0.600. The number of aryl methyl sites for hydroxylation is 2. The van der Waals surface area contributed by atoms with Crippen molar-refractivity contribution < 1.29 is 13.5 Å². The molecule has 1 rings (SSSR count). The lowest BCUT2D eigenvalue weighted by molar-refractivity contribution is 0.280. The van der Waals surface area contributed by atoms with Crippen LogP contribution in [0.4, 0.5) is 0 Å². The van der Waals surface area contributed by atoms with Crippen molar-refractivity contribution in [2.75, 3.05) is 6.54 Å². The predicted octanol–water partition coefficient (Wildman–Crippen LogP) is 2.60. The van der Waals surface area contributed by atoms with Gasteiger partial charge in [0, 0.05) is 12.6 Å². The Labute approximate surface area is 122 Å². The summed E-state index contributed by atoms with van der Waals surface area (Å²) in [6.45, 7) is 9.71. The van der Waals surface area contributed by atoms with Crippen molar-refractivity contribution in [1.82, 2.24) is 4.31 Å². The summed E-state index contributed by atoms with van der Waals surface area (Å²) >= 11 is 0. The van der Waals surface area contributed by atoms with Crippen molar-refractivity contribution in [2.24, 2.45) is 0 Å². The molecule has 0 radical (unpaired) electrons. The van der Waals surface area contributed by atoms with E-state index in [1.807, 2.05) is 33.8 Å². The minimum atomic E-state index is -3.52. The highest BCUT2D eigenvalue weighted by atomic mass is 32.2. The van der Waals surface area contributed by atoms with Crippen LogP contribution >= 0.6 is 0 Å². The Morgan fingerprint density at radius 1 is 1.20 bits per heavy atom. The van der Waals surface area contributed by atoms with E-state index in [0.717, 1.165) is 17.5 Å². The molecular weight excluding hydrogens is 274 g/mol. The van der Waals surface area contributed by atoms with Crippen LogP contribution in [-0.2, 0) is 16.6 Å². The van der Waals surface area contributed by atoms with E-state index >= 15 is 0 Å². The van der Waals surface area contributed by atoms with Gasteiger partial charge in [0.25, 0.3) is 0 Å². The third-order valence-electron chi connectivity index (χ3n) is 3.78. The van der Waals surface area contributed by atoms with Crippen LogP contribution in [0.2, 0.25) is 0 Å². The largest absolute Gasteiger partial charge is 0.392 e. The van der Waals surface area contributed by atoms with Crippen LogP contribution in [-0.4, -0.2) is 30.4 Å². The highest BCUT2D eigenvalue weighted by Crippen LogP contribution is 2.25. The highest BCUT2D eigenvalue weighted by Gasteiger charge is 2.28. The Kier molecular flexibility index (Phi) is 5.74. The summed E-state index contributed by atoms with van der Waals surface area (Å²) in [4.78, 5) is 0.300. The summed E-state index contributed by atoms with van der Waals surface area (Å²) in [7, 11) is -3.52. The molecule has 1 unspecified atom stereocenters. The Bertz CT molecular complexity index is 567. The molecule has 0 bridgehead atoms. The molecule has 0 spiro atoms. The summed E-state index contributed by atoms with van der Waals surface area (Å²) in [5.41, 5.74) is 2.30. The number of hydrogen-bond acceptors (Lipinski definition) is 3. The van der Waals surface area contributed by atoms with Gasteiger partial charge in [-0.25, -0.2) is 8.42 Å². The summed E-state index contributed by atoms with van der Waals surface area (Å²) in [5, 5.41) is 9.34. The molecule has 114 valence electrons. The monoisotopic (exact) mass is 299 g/mol. The van der Waals surface area contributed by atoms with Crippen molar-refractivity contribution in [1.29, 1.82) is 0 Å². The number of aliphatic hydroxyl groups excluding tert-OH is 1. The van der Waals surface area contributed by atoms with Gasteiger partial charge in [-0.1, -0.05) is 19.9 Å². The SMILES string of the molecule is CCC(C)N(CC)S(=O)(=O)c1cc(CO)c(C)cc1C. The van der Waals surface area contributed by atoms with Gasteiger partial charge in [0.1, 0.15) is 0 Å². The zero-order chi connectivity index (χ0) is 15.5. The number of rotatable bonds is 6. The zero-order valence-corrected chi connectivity index (χ0v) is 13.8. The van der Waals surface area contributed by atoms with Crippen LogP contribution in [0.5, 0.6) is 0 Å². The molecule has 0 fully saturated rings. The van der Waals surface area contributed by atoms with E-state index in [1.54, 1.807) is 13.0 Å². The molecule has 1 aromatic rings. The molecule has 0 aliphatic heterocycles. The zero-order valence-electron chi connectivity index (χ0n) is 13.0. The molecule has 0 saturated carbocycles. The Balaban J connectivity index is 3.41. The fourth-order valence-electron chi connectivity index (χ4n) is 2.37. The van der Waals surface area contributed by atoms with Crippen molar-refractivity contribution in [3.63, 3.8) is 0 Å². The van der Waals surface area contributed by atoms with E-state index in [-0.39, 0.29) is 12.6 Å². The molecule has 0 amide bonds. The lowest BCUT2D eigenvalue weighted by Crippen LogP contribution is -2.38. The first-order valence-electron chi connectivity index (χ1n) is 7.02. The maximum atomic E-state index is 12.8. The number of sulfonamides is 1. The molecule has 4 nitrogen and oxygen atoms in total. The van der Waals surface area contributed by atoms with Crippen molar-refractivity contribution in [2.45, 2.75) is 58.6 Å². The highest BCUT2D eigenvalue weighted by molar-refractivity contribution is 7.89. The standard InChI is InChI=1S/C15H25NO3S/c1-6-13(5)16(7-2)20(18,19)15-9-14(10-17)11(3)8-12(15)4/h8-9,13,17H,6-7,10H2,1-5H3. The average molecular weight is 299 g/mol. The smallest absolute Gasteiger partial charge is 0.243 e. The predicted molar refractivity (Wildman–Crippen MR) is 81.2 cm³/mol. The average Bonchev–Trinajstić information content (AvgIpc) is 2.38. The second-order valence-electron chi connectivity index (χ2n) is 5.17. The van der Waals surface area contributed by atoms with Crippen molar-refractivity contribution in [3.05, 3.63) is 28.8 Å². The summed E-state index contributed by atoms with van der Waals surface area (Å²) < 4.78 is 27.1. The number of hydrogen-bond donors (Lipinski definition) is 1. The molecule has 0 aliphatic rings. The second kappa shape index (κ2) is 6.70. The third-order valence-corrected chi connectivity index (χ3v) is 6.02. The summed E-state index contributed by atoms with van der Waals surface area (Å²) in [6.07, 6.45) is 0.769. The molecule has 0 aromatic heterocycles. The molecule has 0 saturated heterocycles. The quantitative estimate of drug-likeness (QED) is 0.878. The van der Waals surface area contributed by atoms with E-state index in [2.05, 4.69) is 0 Å². The number of nitrogens with zero attached hydrogens (tertiary/aromatic N) is 1. The van der Waals surface area contributed by atoms with E-state index < -0.39 is 10.0 Å². The van der Waals surface area contributed by atoms with E-state index in [9.17, 15) is 13.5 Å². The van der Waals surface area contributed by atoms with Crippen molar-refractivity contribution >= 4 is 10.0 Å². The molecule has 20 heavy (non-hydrogen) atoms. The Morgan fingerprint density at radius 2 is 1.80 bits per heavy atom. The number of benzene rings is 1. The summed E-state index contributed by atoms with van der Waals surface area (Å²) in [6, 6.07) is 3.39. The first kappa shape index (κ1) is 17.1. The first-order chi connectivity index (χ1) is 9.29. The van der Waals surface area contributed by atoms with Gasteiger partial charge in [0.05, 0.1) is 11.5 Å². The van der Waals surface area contributed by atoms with Crippen LogP contribution in [0.15, 0.2) is 17.0 Å². The van der Waals surface area contributed by atoms with Gasteiger partial charge in [-0.3, -0.25) is 0 Å². The van der Waals surface area contributed by atoms with Gasteiger partial charge < -0.3 is 5.11 Å². The van der Waals surface area contributed by atoms with Gasteiger partial charge in [0.2, 0.25) is 10.0 Å². The van der Waals surface area contributed by atoms with Crippen LogP contribution in [0.3, 0.4) is 0 Å². The van der Waals surface area contributed by atoms with Crippen molar-refractivity contribution in [3.8, 4) is 0 Å². The van der Waals surface area contributed by atoms with Gasteiger partial charge in [0.15, 0.2) is 0 Å². The van der Waals surface area contributed by atoms with Crippen LogP contribution in [0.1, 0.15) is 43.9 Å². The molecule has 5 heteroatoms. The molecule has 1 atom stereocenters. The minimum absolute atomic E-state index is 0.0386. The Hall–Kier alpha value is -0.910. The van der Waals surface area contributed by atoms with Gasteiger partial charge in [-0.05, 0) is 49.9 Å². The van der Waals surface area contributed by atoms with Gasteiger partial charge in [-0.15, -0.1) is 0 Å². The maximum Gasteiger partial charge on any atom is 0.243 e. The molecule has 0 aliphatic carbocycles. The minimum Gasteiger partial charge on any atom is -0.392 e. The lowest BCUT2D eigenvalue weighted by atomic mass is 10.1. The molecular formula is C15H25NO3S. The third kappa shape index (κ3) is 3.22. The maximum absolute atomic E-state index is 12.8. The number of aliphatic hydroxyl groups is 1. The van der Waals surface area contributed by atoms with Crippen LogP contribution in [0, 0.1) is 13.8 Å². The molecule has 1 N–H and O–H groups in total. The second-order valence-corrected chi connectivity index (χ2v) is 7.03. The topological polar surface area (TPSA) is 57.6 Å². The van der Waals surface area contributed by atoms with E-state index in [1.165, 1.54) is 4.31 Å². The Morgan fingerprint density at radius 3 is 2.25 bits per heavy atom. The lowest BCUT2D eigenvalue weighted by Gasteiger charge is -2.27.